The van der Waals surface area contributed by atoms with Crippen molar-refractivity contribution in [3.63, 3.8) is 0 Å². The second kappa shape index (κ2) is 7.81. The van der Waals surface area contributed by atoms with E-state index in [0.29, 0.717) is 22.8 Å². The summed E-state index contributed by atoms with van der Waals surface area (Å²) in [7, 11) is 3.15. The van der Waals surface area contributed by atoms with Crippen molar-refractivity contribution in [2.75, 3.05) is 39.2 Å². The van der Waals surface area contributed by atoms with Crippen LogP contribution in [0.15, 0.2) is 47.3 Å². The maximum absolute atomic E-state index is 13.8. The first-order chi connectivity index (χ1) is 16.2. The van der Waals surface area contributed by atoms with Gasteiger partial charge in [-0.15, -0.1) is 4.73 Å². The molecule has 0 unspecified atom stereocenters. The number of fused-ring (bicyclic) bond motifs is 5. The van der Waals surface area contributed by atoms with Crippen LogP contribution in [-0.2, 0) is 0 Å². The molecule has 1 atom stereocenters. The van der Waals surface area contributed by atoms with E-state index in [9.17, 15) is 4.79 Å². The van der Waals surface area contributed by atoms with Crippen LogP contribution in [0, 0.1) is 5.92 Å². The van der Waals surface area contributed by atoms with E-state index in [2.05, 4.69) is 15.2 Å². The second-order valence-electron chi connectivity index (χ2n) is 8.91. The average molecular weight is 446 g/mol. The molecule has 3 aliphatic rings. The molecule has 2 aromatic carbocycles. The van der Waals surface area contributed by atoms with Crippen LogP contribution in [0.1, 0.15) is 12.8 Å². The highest BCUT2D eigenvalue weighted by Gasteiger charge is 2.35. The van der Waals surface area contributed by atoms with E-state index < -0.39 is 0 Å². The fourth-order valence-corrected chi connectivity index (χ4v) is 5.41. The van der Waals surface area contributed by atoms with Crippen LogP contribution >= 0.6 is 0 Å². The number of anilines is 1. The van der Waals surface area contributed by atoms with Gasteiger partial charge in [-0.1, -0.05) is 12.1 Å². The molecule has 0 spiro atoms. The number of benzene rings is 2. The number of rotatable bonds is 5. The van der Waals surface area contributed by atoms with Gasteiger partial charge in [0.15, 0.2) is 0 Å². The van der Waals surface area contributed by atoms with Crippen LogP contribution in [0.25, 0.3) is 33.3 Å². The predicted molar refractivity (Wildman–Crippen MR) is 129 cm³/mol. The Bertz CT molecular complexity index is 1370. The molecule has 2 bridgehead atoms. The smallest absolute Gasteiger partial charge is 0.296 e. The number of imidazole rings is 1. The summed E-state index contributed by atoms with van der Waals surface area (Å²) < 4.78 is 6.86. The van der Waals surface area contributed by atoms with Gasteiger partial charge in [0.05, 0.1) is 29.3 Å². The molecule has 4 aromatic rings. The Morgan fingerprint density at radius 1 is 1.12 bits per heavy atom. The topological polar surface area (TPSA) is 84.4 Å². The first-order valence-electron chi connectivity index (χ1n) is 11.4. The summed E-state index contributed by atoms with van der Waals surface area (Å²) in [5, 5.41) is 4.65. The molecule has 170 valence electrons. The van der Waals surface area contributed by atoms with Crippen LogP contribution in [0.4, 0.5) is 5.69 Å². The summed E-state index contributed by atoms with van der Waals surface area (Å²) >= 11 is 0. The zero-order valence-electron chi connectivity index (χ0n) is 18.8. The summed E-state index contributed by atoms with van der Waals surface area (Å²) in [6.07, 6.45) is 2.35. The van der Waals surface area contributed by atoms with E-state index in [1.54, 1.807) is 7.11 Å². The number of methoxy groups -OCH3 is 1. The van der Waals surface area contributed by atoms with Crippen LogP contribution in [0.2, 0.25) is 0 Å². The maximum atomic E-state index is 13.8. The molecule has 0 amide bonds. The largest absolute Gasteiger partial charge is 0.497 e. The summed E-state index contributed by atoms with van der Waals surface area (Å²) in [4.78, 5) is 29.9. The number of nitrogens with zero attached hydrogens (tertiary/aromatic N) is 3. The third kappa shape index (κ3) is 3.24. The molecule has 0 saturated carbocycles. The Hall–Kier alpha value is -3.52. The highest BCUT2D eigenvalue weighted by Crippen LogP contribution is 2.37. The molecule has 8 nitrogen and oxygen atoms in total. The van der Waals surface area contributed by atoms with Crippen LogP contribution in [0.3, 0.4) is 0 Å². The molecule has 3 saturated heterocycles. The lowest BCUT2D eigenvalue weighted by Gasteiger charge is -2.45. The molecule has 2 aromatic heterocycles. The van der Waals surface area contributed by atoms with Crippen molar-refractivity contribution in [3.8, 4) is 17.1 Å². The van der Waals surface area contributed by atoms with Crippen molar-refractivity contribution in [1.29, 1.82) is 0 Å². The van der Waals surface area contributed by atoms with Crippen molar-refractivity contribution in [2.24, 2.45) is 5.92 Å². The normalized spacial score (nSPS) is 22.1. The van der Waals surface area contributed by atoms with Gasteiger partial charge in [0.25, 0.3) is 5.56 Å². The molecular formula is C25H27N5O3. The van der Waals surface area contributed by atoms with E-state index in [1.165, 1.54) is 24.7 Å². The van der Waals surface area contributed by atoms with Gasteiger partial charge in [-0.3, -0.25) is 4.79 Å². The number of nitrogens with one attached hydrogen (secondary N) is 2. The van der Waals surface area contributed by atoms with E-state index in [0.717, 1.165) is 47.5 Å². The van der Waals surface area contributed by atoms with E-state index in [-0.39, 0.29) is 11.6 Å². The van der Waals surface area contributed by atoms with Crippen molar-refractivity contribution in [2.45, 2.75) is 18.9 Å². The number of ether oxygens (including phenoxy) is 1. The molecule has 2 N–H and O–H groups in total. The molecule has 3 aliphatic heterocycles. The number of piperidine rings is 3. The SMILES string of the molecule is COc1ccc2c(c1)c(N[C@@H]1CN3CCC1CC3)c(-c1nc3ccccc3[nH]1)c(=O)n2OC. The average Bonchev–Trinajstić information content (AvgIpc) is 3.28. The lowest BCUT2D eigenvalue weighted by molar-refractivity contribution is 0.0976. The summed E-state index contributed by atoms with van der Waals surface area (Å²) in [5.41, 5.74) is 3.39. The van der Waals surface area contributed by atoms with Crippen molar-refractivity contribution < 1.29 is 9.57 Å². The Balaban J connectivity index is 1.62. The summed E-state index contributed by atoms with van der Waals surface area (Å²) in [6, 6.07) is 13.7. The van der Waals surface area contributed by atoms with Gasteiger partial charge >= 0.3 is 0 Å². The Morgan fingerprint density at radius 2 is 1.94 bits per heavy atom. The first-order valence-corrected chi connectivity index (χ1v) is 11.4. The van der Waals surface area contributed by atoms with Gasteiger partial charge in [0.2, 0.25) is 0 Å². The highest BCUT2D eigenvalue weighted by atomic mass is 16.6. The van der Waals surface area contributed by atoms with Crippen LogP contribution < -0.4 is 20.5 Å². The summed E-state index contributed by atoms with van der Waals surface area (Å²) in [5.74, 6) is 1.83. The number of hydrogen-bond acceptors (Lipinski definition) is 6. The minimum absolute atomic E-state index is 0.252. The molecule has 3 fully saturated rings. The van der Waals surface area contributed by atoms with Gasteiger partial charge in [-0.25, -0.2) is 4.98 Å². The lowest BCUT2D eigenvalue weighted by Crippen LogP contribution is -2.53. The number of hydrogen-bond donors (Lipinski definition) is 2. The summed E-state index contributed by atoms with van der Waals surface area (Å²) in [6.45, 7) is 3.28. The number of aromatic amines is 1. The quantitative estimate of drug-likeness (QED) is 0.491. The van der Waals surface area contributed by atoms with Crippen LogP contribution in [-0.4, -0.2) is 59.5 Å². The standard InChI is InChI=1S/C25H27N5O3/c1-32-16-7-8-21-17(13-16)23(26-20-14-29-11-9-15(20)10-12-29)22(25(31)30(21)33-2)24-27-18-5-3-4-6-19(18)28-24/h3-8,13,15,20,26H,9-12,14H2,1-2H3,(H,27,28)/t20-/m1/s1. The second-order valence-corrected chi connectivity index (χ2v) is 8.91. The predicted octanol–water partition coefficient (Wildman–Crippen LogP) is 3.12. The molecular weight excluding hydrogens is 418 g/mol. The maximum Gasteiger partial charge on any atom is 0.296 e. The van der Waals surface area contributed by atoms with Crippen molar-refractivity contribution in [1.82, 2.24) is 19.6 Å². The Kier molecular flexibility index (Phi) is 4.76. The third-order valence-electron chi connectivity index (χ3n) is 7.13. The fourth-order valence-electron chi connectivity index (χ4n) is 5.41. The van der Waals surface area contributed by atoms with E-state index >= 15 is 0 Å². The number of para-hydroxylation sites is 2. The molecule has 0 radical (unpaired) electrons. The van der Waals surface area contributed by atoms with Gasteiger partial charge < -0.3 is 24.8 Å². The number of pyridine rings is 1. The van der Waals surface area contributed by atoms with Gasteiger partial charge in [0, 0.05) is 18.0 Å². The van der Waals surface area contributed by atoms with Gasteiger partial charge in [-0.05, 0) is 62.2 Å². The fraction of sp³-hybridized carbons (Fsp3) is 0.360. The number of aromatic nitrogens is 3. The molecule has 5 heterocycles. The Labute approximate surface area is 191 Å². The molecule has 8 heteroatoms. The first kappa shape index (κ1) is 20.1. The van der Waals surface area contributed by atoms with Gasteiger partial charge in [0.1, 0.15) is 24.2 Å². The van der Waals surface area contributed by atoms with Crippen molar-refractivity contribution >= 4 is 27.6 Å². The van der Waals surface area contributed by atoms with Crippen molar-refractivity contribution in [3.05, 3.63) is 52.8 Å². The Morgan fingerprint density at radius 3 is 2.64 bits per heavy atom. The zero-order valence-corrected chi connectivity index (χ0v) is 18.8. The minimum atomic E-state index is -0.252. The van der Waals surface area contributed by atoms with E-state index in [1.807, 2.05) is 42.5 Å². The zero-order chi connectivity index (χ0) is 22.5. The molecule has 7 rings (SSSR count). The number of H-pyrrole nitrogens is 1. The minimum Gasteiger partial charge on any atom is -0.497 e. The van der Waals surface area contributed by atoms with Gasteiger partial charge in [-0.2, -0.15) is 0 Å². The monoisotopic (exact) mass is 445 g/mol. The lowest BCUT2D eigenvalue weighted by atomic mass is 9.83. The van der Waals surface area contributed by atoms with Crippen LogP contribution in [0.5, 0.6) is 5.75 Å². The van der Waals surface area contributed by atoms with E-state index in [4.69, 9.17) is 14.6 Å². The third-order valence-corrected chi connectivity index (χ3v) is 7.13. The molecule has 33 heavy (non-hydrogen) atoms. The molecule has 0 aliphatic carbocycles. The highest BCUT2D eigenvalue weighted by molar-refractivity contribution is 6.00.